The molecular weight excluding hydrogens is 361 g/mol. The van der Waals surface area contributed by atoms with Crippen LogP contribution in [0.25, 0.3) is 0 Å². The van der Waals surface area contributed by atoms with E-state index in [1.807, 2.05) is 0 Å². The molecule has 0 saturated heterocycles. The Morgan fingerprint density at radius 2 is 1.96 bits per heavy atom. The van der Waals surface area contributed by atoms with Gasteiger partial charge in [0.2, 0.25) is 5.78 Å². The fourth-order valence-electron chi connectivity index (χ4n) is 2.29. The zero-order valence-corrected chi connectivity index (χ0v) is 14.1. The molecule has 2 heterocycles. The number of esters is 1. The second kappa shape index (κ2) is 7.26. The average molecular weight is 375 g/mol. The lowest BCUT2D eigenvalue weighted by Crippen LogP contribution is -2.20. The van der Waals surface area contributed by atoms with E-state index in [0.717, 1.165) is 4.57 Å². The van der Waals surface area contributed by atoms with E-state index in [4.69, 9.17) is 16.3 Å². The van der Waals surface area contributed by atoms with Gasteiger partial charge in [-0.25, -0.2) is 9.78 Å². The molecule has 0 atom stereocenters. The molecule has 0 saturated carbocycles. The lowest BCUT2D eigenvalue weighted by atomic mass is 10.1. The molecule has 5 nitrogen and oxygen atoms in total. The van der Waals surface area contributed by atoms with E-state index in [0.29, 0.717) is 5.69 Å². The molecule has 0 radical (unpaired) electrons. The van der Waals surface area contributed by atoms with Gasteiger partial charge < -0.3 is 9.30 Å². The van der Waals surface area contributed by atoms with Crippen molar-refractivity contribution in [2.75, 3.05) is 6.61 Å². The van der Waals surface area contributed by atoms with Crippen molar-refractivity contribution in [1.29, 1.82) is 0 Å². The molecule has 0 aliphatic rings. The highest BCUT2D eigenvalue weighted by Crippen LogP contribution is 2.23. The fourth-order valence-corrected chi connectivity index (χ4v) is 2.41. The molecule has 0 aromatic carbocycles. The number of aryl methyl sites for hydroxylation is 1. The number of alkyl halides is 3. The number of rotatable bonds is 5. The van der Waals surface area contributed by atoms with Gasteiger partial charge in [0, 0.05) is 23.1 Å². The maximum absolute atomic E-state index is 12.6. The van der Waals surface area contributed by atoms with E-state index in [9.17, 15) is 22.8 Å². The van der Waals surface area contributed by atoms with Gasteiger partial charge in [0.1, 0.15) is 11.7 Å². The highest BCUT2D eigenvalue weighted by Gasteiger charge is 2.30. The van der Waals surface area contributed by atoms with Gasteiger partial charge in [0.15, 0.2) is 6.61 Å². The van der Waals surface area contributed by atoms with Crippen molar-refractivity contribution in [1.82, 2.24) is 9.55 Å². The van der Waals surface area contributed by atoms with E-state index < -0.39 is 31.1 Å². The third-order valence-corrected chi connectivity index (χ3v) is 3.73. The lowest BCUT2D eigenvalue weighted by Gasteiger charge is -2.12. The number of hydrogen-bond donors (Lipinski definition) is 0. The van der Waals surface area contributed by atoms with E-state index in [-0.39, 0.29) is 22.0 Å². The quantitative estimate of drug-likeness (QED) is 0.454. The van der Waals surface area contributed by atoms with Gasteiger partial charge in [-0.15, -0.1) is 0 Å². The molecule has 0 fully saturated rings. The van der Waals surface area contributed by atoms with Crippen molar-refractivity contribution >= 4 is 23.4 Å². The zero-order valence-electron chi connectivity index (χ0n) is 13.4. The van der Waals surface area contributed by atoms with Gasteiger partial charge in [0.05, 0.1) is 5.56 Å². The van der Waals surface area contributed by atoms with Crippen LogP contribution in [0.5, 0.6) is 0 Å². The van der Waals surface area contributed by atoms with Gasteiger partial charge in [-0.3, -0.25) is 4.79 Å². The van der Waals surface area contributed by atoms with Crippen LogP contribution in [0.4, 0.5) is 13.2 Å². The maximum atomic E-state index is 12.6. The number of halogens is 4. The largest absolute Gasteiger partial charge is 0.454 e. The highest BCUT2D eigenvalue weighted by molar-refractivity contribution is 6.29. The number of carbonyl (C=O) groups is 2. The maximum Gasteiger partial charge on any atom is 0.406 e. The number of pyridine rings is 1. The average Bonchev–Trinajstić information content (AvgIpc) is 2.79. The standard InChI is InChI=1S/C16H14ClF3N2O3/c1-9-5-12(10(2)22(9)8-16(18,19)20)13(23)7-25-15(24)11-3-4-14(17)21-6-11/h3-6H,7-8H2,1-2H3. The number of nitrogens with zero attached hydrogens (tertiary/aromatic N) is 2. The van der Waals surface area contributed by atoms with Gasteiger partial charge in [-0.1, -0.05) is 11.6 Å². The summed E-state index contributed by atoms with van der Waals surface area (Å²) in [6.45, 7) is 1.11. The number of ketones is 1. The topological polar surface area (TPSA) is 61.2 Å². The summed E-state index contributed by atoms with van der Waals surface area (Å²) in [6, 6.07) is 4.13. The van der Waals surface area contributed by atoms with Crippen LogP contribution in [-0.4, -0.2) is 34.1 Å². The van der Waals surface area contributed by atoms with Gasteiger partial charge in [-0.05, 0) is 32.0 Å². The first kappa shape index (κ1) is 19.0. The minimum Gasteiger partial charge on any atom is -0.454 e. The van der Waals surface area contributed by atoms with Crippen LogP contribution in [0.1, 0.15) is 32.1 Å². The van der Waals surface area contributed by atoms with Crippen molar-refractivity contribution in [2.45, 2.75) is 26.6 Å². The summed E-state index contributed by atoms with van der Waals surface area (Å²) < 4.78 is 43.7. The lowest BCUT2D eigenvalue weighted by molar-refractivity contribution is -0.141. The van der Waals surface area contributed by atoms with Crippen LogP contribution in [-0.2, 0) is 11.3 Å². The Kier molecular flexibility index (Phi) is 5.52. The van der Waals surface area contributed by atoms with Gasteiger partial charge in [0.25, 0.3) is 0 Å². The van der Waals surface area contributed by atoms with Crippen molar-refractivity contribution < 1.29 is 27.5 Å². The Hall–Kier alpha value is -2.35. The Morgan fingerprint density at radius 3 is 2.52 bits per heavy atom. The van der Waals surface area contributed by atoms with Crippen LogP contribution in [0.15, 0.2) is 24.4 Å². The van der Waals surface area contributed by atoms with E-state index in [1.54, 1.807) is 0 Å². The molecule has 25 heavy (non-hydrogen) atoms. The summed E-state index contributed by atoms with van der Waals surface area (Å²) in [5, 5.41) is 0.199. The van der Waals surface area contributed by atoms with Crippen LogP contribution >= 0.6 is 11.6 Å². The molecule has 134 valence electrons. The highest BCUT2D eigenvalue weighted by atomic mass is 35.5. The van der Waals surface area contributed by atoms with E-state index >= 15 is 0 Å². The summed E-state index contributed by atoms with van der Waals surface area (Å²) in [5.41, 5.74) is 0.666. The fraction of sp³-hybridized carbons (Fsp3) is 0.312. The summed E-state index contributed by atoms with van der Waals surface area (Å²) in [4.78, 5) is 27.7. The Balaban J connectivity index is 2.07. The normalized spacial score (nSPS) is 11.4. The Bertz CT molecular complexity index is 798. The monoisotopic (exact) mass is 374 g/mol. The number of ether oxygens (including phenoxy) is 1. The molecule has 0 aliphatic heterocycles. The first-order valence-electron chi connectivity index (χ1n) is 7.14. The first-order valence-corrected chi connectivity index (χ1v) is 7.51. The van der Waals surface area contributed by atoms with Gasteiger partial charge >= 0.3 is 12.1 Å². The molecule has 0 unspecified atom stereocenters. The molecule has 2 aromatic rings. The summed E-state index contributed by atoms with van der Waals surface area (Å²) in [5.74, 6) is -1.36. The predicted molar refractivity (Wildman–Crippen MR) is 83.8 cm³/mol. The Morgan fingerprint density at radius 1 is 1.28 bits per heavy atom. The molecule has 2 aromatic heterocycles. The third kappa shape index (κ3) is 4.82. The van der Waals surface area contributed by atoms with Crippen LogP contribution in [0.2, 0.25) is 5.15 Å². The molecule has 2 rings (SSSR count). The second-order valence-electron chi connectivity index (χ2n) is 5.36. The summed E-state index contributed by atoms with van der Waals surface area (Å²) in [7, 11) is 0. The Labute approximate surface area is 146 Å². The number of aromatic nitrogens is 2. The van der Waals surface area contributed by atoms with Gasteiger partial charge in [-0.2, -0.15) is 13.2 Å². The molecule has 0 bridgehead atoms. The summed E-state index contributed by atoms with van der Waals surface area (Å²) >= 11 is 5.60. The second-order valence-corrected chi connectivity index (χ2v) is 5.74. The van der Waals surface area contributed by atoms with Crippen LogP contribution in [0.3, 0.4) is 0 Å². The predicted octanol–water partition coefficient (Wildman–Crippen LogP) is 3.76. The first-order chi connectivity index (χ1) is 11.6. The smallest absolute Gasteiger partial charge is 0.406 e. The molecule has 0 aliphatic carbocycles. The minimum absolute atomic E-state index is 0.0868. The minimum atomic E-state index is -4.40. The van der Waals surface area contributed by atoms with Crippen molar-refractivity contribution in [2.24, 2.45) is 0 Å². The van der Waals surface area contributed by atoms with E-state index in [2.05, 4.69) is 4.98 Å². The molecule has 0 spiro atoms. The molecule has 9 heteroatoms. The van der Waals surface area contributed by atoms with Crippen LogP contribution in [0, 0.1) is 13.8 Å². The zero-order chi connectivity index (χ0) is 18.8. The van der Waals surface area contributed by atoms with Crippen LogP contribution < -0.4 is 0 Å². The summed E-state index contributed by atoms with van der Waals surface area (Å²) in [6.07, 6.45) is -3.20. The SMILES string of the molecule is Cc1cc(C(=O)COC(=O)c2ccc(Cl)nc2)c(C)n1CC(F)(F)F. The molecular formula is C16H14ClF3N2O3. The number of hydrogen-bond acceptors (Lipinski definition) is 4. The van der Waals surface area contributed by atoms with Crippen molar-refractivity contribution in [3.05, 3.63) is 52.1 Å². The number of Topliss-reactive ketones (excluding diaryl/α,β-unsaturated/α-hetero) is 1. The molecule has 0 amide bonds. The van der Waals surface area contributed by atoms with Crippen molar-refractivity contribution in [3.63, 3.8) is 0 Å². The molecule has 0 N–H and O–H groups in total. The number of carbonyl (C=O) groups excluding carboxylic acids is 2. The van der Waals surface area contributed by atoms with E-state index in [1.165, 1.54) is 38.2 Å². The van der Waals surface area contributed by atoms with Crippen molar-refractivity contribution in [3.8, 4) is 0 Å². The third-order valence-electron chi connectivity index (χ3n) is 3.51.